The molecular weight excluding hydrogens is 509 g/mol. The average Bonchev–Trinajstić information content (AvgIpc) is 3.01. The zero-order valence-electron chi connectivity index (χ0n) is 18.4. The second kappa shape index (κ2) is 12.4. The fourth-order valence-corrected chi connectivity index (χ4v) is 2.91. The third-order valence-electron chi connectivity index (χ3n) is 3.77. The van der Waals surface area contributed by atoms with Crippen LogP contribution in [-0.4, -0.2) is 73.9 Å². The van der Waals surface area contributed by atoms with Crippen molar-refractivity contribution in [3.05, 3.63) is 30.1 Å². The van der Waals surface area contributed by atoms with Gasteiger partial charge in [0, 0.05) is 33.2 Å². The van der Waals surface area contributed by atoms with E-state index in [-0.39, 0.29) is 0 Å². The number of carbonyl (C=O) groups excluding carboxylic acids is 4. The Balaban J connectivity index is 0.000000566. The number of ether oxygens (including phenoxy) is 4. The molecular formula is C18H21F3N2O11S. The quantitative estimate of drug-likeness (QED) is 0.218. The van der Waals surface area contributed by atoms with Gasteiger partial charge in [0.05, 0.1) is 12.2 Å². The summed E-state index contributed by atoms with van der Waals surface area (Å²) in [6, 6.07) is 3.29. The molecule has 0 aliphatic carbocycles. The van der Waals surface area contributed by atoms with E-state index in [0.29, 0.717) is 5.56 Å². The largest absolute Gasteiger partial charge is 0.523 e. The fourth-order valence-electron chi connectivity index (χ4n) is 2.47. The monoisotopic (exact) mass is 530 g/mol. The molecule has 196 valence electrons. The zero-order valence-corrected chi connectivity index (χ0v) is 19.2. The van der Waals surface area contributed by atoms with Gasteiger partial charge >= 0.3 is 33.5 Å². The van der Waals surface area contributed by atoms with E-state index in [1.807, 2.05) is 0 Å². The Hall–Kier alpha value is -3.31. The first-order chi connectivity index (χ1) is 16.0. The van der Waals surface area contributed by atoms with Crippen molar-refractivity contribution < 1.29 is 63.9 Å². The minimum atomic E-state index is -5.95. The zero-order chi connectivity index (χ0) is 27.0. The Kier molecular flexibility index (Phi) is 10.5. The van der Waals surface area contributed by atoms with Gasteiger partial charge in [0.1, 0.15) is 6.10 Å². The van der Waals surface area contributed by atoms with Crippen LogP contribution in [0.3, 0.4) is 0 Å². The Morgan fingerprint density at radius 3 is 1.97 bits per heavy atom. The molecule has 4 atom stereocenters. The molecule has 1 fully saturated rings. The van der Waals surface area contributed by atoms with Crippen LogP contribution >= 0.6 is 0 Å². The summed E-state index contributed by atoms with van der Waals surface area (Å²) in [5, 5.41) is 0. The molecule has 17 heteroatoms. The Labute approximate surface area is 196 Å². The van der Waals surface area contributed by atoms with Crippen molar-refractivity contribution in [3.8, 4) is 0 Å². The van der Waals surface area contributed by atoms with Gasteiger partial charge in [-0.3, -0.25) is 28.3 Å². The first-order valence-corrected chi connectivity index (χ1v) is 10.8. The molecule has 1 aliphatic heterocycles. The van der Waals surface area contributed by atoms with Gasteiger partial charge in [-0.25, -0.2) is 0 Å². The molecule has 2 N–H and O–H groups in total. The minimum absolute atomic E-state index is 0.442. The molecule has 0 radical (unpaired) electrons. The maximum atomic E-state index is 12.3. The smallest absolute Gasteiger partial charge is 0.455 e. The van der Waals surface area contributed by atoms with Crippen LogP contribution in [0, 0.1) is 0 Å². The number of halogens is 3. The lowest BCUT2D eigenvalue weighted by atomic mass is 10.1. The third kappa shape index (κ3) is 9.45. The summed E-state index contributed by atoms with van der Waals surface area (Å²) < 4.78 is 82.2. The molecule has 1 saturated heterocycles. The molecule has 0 saturated carbocycles. The van der Waals surface area contributed by atoms with Gasteiger partial charge in [-0.1, -0.05) is 0 Å². The number of carbonyl (C=O) groups is 4. The van der Waals surface area contributed by atoms with Crippen LogP contribution in [0.25, 0.3) is 0 Å². The average molecular weight is 530 g/mol. The predicted octanol–water partition coefficient (Wildman–Crippen LogP) is 0.185. The summed E-state index contributed by atoms with van der Waals surface area (Å²) in [5.74, 6) is -3.19. The van der Waals surface area contributed by atoms with Crippen LogP contribution in [0.2, 0.25) is 0 Å². The summed E-state index contributed by atoms with van der Waals surface area (Å²) in [6.45, 7) is 1.63. The maximum absolute atomic E-state index is 12.3. The summed E-state index contributed by atoms with van der Waals surface area (Å²) in [6.07, 6.45) is -3.38. The number of hydrogen-bond donors (Lipinski definition) is 1. The molecule has 1 amide bonds. The molecule has 1 aliphatic rings. The first-order valence-electron chi connectivity index (χ1n) is 9.37. The second-order valence-corrected chi connectivity index (χ2v) is 8.20. The van der Waals surface area contributed by atoms with Crippen LogP contribution in [0.1, 0.15) is 31.1 Å². The highest BCUT2D eigenvalue weighted by atomic mass is 32.2. The van der Waals surface area contributed by atoms with Gasteiger partial charge in [0.2, 0.25) is 18.3 Å². The van der Waals surface area contributed by atoms with Crippen molar-refractivity contribution >= 4 is 33.9 Å². The van der Waals surface area contributed by atoms with Crippen molar-refractivity contribution in [3.63, 3.8) is 0 Å². The normalized spacial score (nSPS) is 21.8. The van der Waals surface area contributed by atoms with Crippen molar-refractivity contribution in [2.75, 3.05) is 6.61 Å². The second-order valence-electron chi connectivity index (χ2n) is 6.59. The van der Waals surface area contributed by atoms with E-state index in [1.54, 1.807) is 18.3 Å². The minimum Gasteiger partial charge on any atom is -0.455 e. The molecule has 0 aromatic carbocycles. The summed E-state index contributed by atoms with van der Waals surface area (Å²) in [4.78, 5) is 47.6. The topological polar surface area (TPSA) is 187 Å². The molecule has 1 unspecified atom stereocenters. The van der Waals surface area contributed by atoms with Crippen LogP contribution in [0.5, 0.6) is 0 Å². The lowest BCUT2D eigenvalue weighted by Gasteiger charge is -2.22. The van der Waals surface area contributed by atoms with E-state index in [4.69, 9.17) is 24.7 Å². The molecule has 1 aromatic heterocycles. The van der Waals surface area contributed by atoms with E-state index in [2.05, 4.69) is 9.17 Å². The predicted molar refractivity (Wildman–Crippen MR) is 105 cm³/mol. The Bertz CT molecular complexity index is 1020. The number of amides is 1. The van der Waals surface area contributed by atoms with E-state index in [0.717, 1.165) is 20.8 Å². The summed E-state index contributed by atoms with van der Waals surface area (Å²) >= 11 is 0. The number of rotatable bonds is 7. The van der Waals surface area contributed by atoms with E-state index in [1.165, 1.54) is 6.20 Å². The van der Waals surface area contributed by atoms with Crippen LogP contribution in [-0.2, 0) is 47.6 Å². The number of nitrogens with zero attached hydrogens (tertiary/aromatic N) is 1. The number of primary amides is 1. The highest BCUT2D eigenvalue weighted by Crippen LogP contribution is 2.30. The number of hydrogen-bond acceptors (Lipinski definition) is 12. The SMILES string of the molecule is CC(=O)OC1O[C@H](COS(=O)(=O)C(F)(F)F)[C@@H](OC(C)=O)[C@H]1OC(C)=O.NC(=O)c1cccnc1. The van der Waals surface area contributed by atoms with Crippen LogP contribution < -0.4 is 5.73 Å². The molecule has 1 aromatic rings. The van der Waals surface area contributed by atoms with E-state index >= 15 is 0 Å². The van der Waals surface area contributed by atoms with Gasteiger partial charge in [-0.2, -0.15) is 21.6 Å². The standard InChI is InChI=1S/C12H15F3O10S.C6H6N2O/c1-5(16)22-9-8(4-21-26(19,20)12(13,14)15)25-11(24-7(3)18)10(9)23-6(2)17;7-6(9)5-2-1-3-8-4-5/h8-11H,4H2,1-3H3;1-4H,(H2,7,9)/t8-,9-,10-,11?;/m1./s1. The molecule has 2 rings (SSSR count). The summed E-state index contributed by atoms with van der Waals surface area (Å²) in [7, 11) is -5.95. The van der Waals surface area contributed by atoms with Crippen LogP contribution in [0.15, 0.2) is 24.5 Å². The van der Waals surface area contributed by atoms with Crippen molar-refractivity contribution in [2.24, 2.45) is 5.73 Å². The number of aromatic nitrogens is 1. The highest BCUT2D eigenvalue weighted by Gasteiger charge is 2.53. The molecule has 0 spiro atoms. The fraction of sp³-hybridized carbons (Fsp3) is 0.500. The molecule has 35 heavy (non-hydrogen) atoms. The first kappa shape index (κ1) is 29.7. The molecule has 0 bridgehead atoms. The van der Waals surface area contributed by atoms with E-state index < -0.39 is 70.7 Å². The lowest BCUT2D eigenvalue weighted by molar-refractivity contribution is -0.196. The van der Waals surface area contributed by atoms with Gasteiger partial charge in [-0.05, 0) is 12.1 Å². The van der Waals surface area contributed by atoms with Crippen molar-refractivity contribution in [2.45, 2.75) is 50.9 Å². The highest BCUT2D eigenvalue weighted by molar-refractivity contribution is 7.87. The maximum Gasteiger partial charge on any atom is 0.523 e. The van der Waals surface area contributed by atoms with Gasteiger partial charge in [-0.15, -0.1) is 0 Å². The summed E-state index contributed by atoms with van der Waals surface area (Å²) in [5.41, 5.74) is -0.310. The number of alkyl halides is 3. The van der Waals surface area contributed by atoms with Gasteiger partial charge in [0.25, 0.3) is 0 Å². The van der Waals surface area contributed by atoms with Crippen molar-refractivity contribution in [1.29, 1.82) is 0 Å². The third-order valence-corrected chi connectivity index (χ3v) is 4.78. The number of pyridine rings is 1. The number of esters is 3. The van der Waals surface area contributed by atoms with Gasteiger partial charge < -0.3 is 24.7 Å². The number of nitrogens with two attached hydrogens (primary N) is 1. The Morgan fingerprint density at radius 2 is 1.57 bits per heavy atom. The van der Waals surface area contributed by atoms with E-state index in [9.17, 15) is 40.8 Å². The molecule has 2 heterocycles. The Morgan fingerprint density at radius 1 is 1.03 bits per heavy atom. The van der Waals surface area contributed by atoms with Gasteiger partial charge in [0.15, 0.2) is 6.10 Å². The van der Waals surface area contributed by atoms with Crippen LogP contribution in [0.4, 0.5) is 13.2 Å². The molecule has 13 nitrogen and oxygen atoms in total. The lowest BCUT2D eigenvalue weighted by Crippen LogP contribution is -2.42. The van der Waals surface area contributed by atoms with Crippen molar-refractivity contribution in [1.82, 2.24) is 4.98 Å².